The van der Waals surface area contributed by atoms with Crippen molar-refractivity contribution in [2.24, 2.45) is 0 Å². The third-order valence-electron chi connectivity index (χ3n) is 12.8. The summed E-state index contributed by atoms with van der Waals surface area (Å²) < 4.78 is 0. The average Bonchev–Trinajstić information content (AvgIpc) is 3.35. The molecule has 0 aliphatic rings. The van der Waals surface area contributed by atoms with Gasteiger partial charge in [-0.25, -0.2) is 0 Å². The summed E-state index contributed by atoms with van der Waals surface area (Å²) in [6, 6.07) is 82.0. The summed E-state index contributed by atoms with van der Waals surface area (Å²) in [5.74, 6) is 4.83. The van der Waals surface area contributed by atoms with E-state index in [0.717, 1.165) is 21.9 Å². The van der Waals surface area contributed by atoms with E-state index in [4.69, 9.17) is 12.8 Å². The maximum absolute atomic E-state index is 7.13. The quantitative estimate of drug-likeness (QED) is 0.0490. The van der Waals surface area contributed by atoms with Crippen LogP contribution in [-0.4, -0.2) is 10.3 Å². The zero-order valence-electron chi connectivity index (χ0n) is 37.5. The Hall–Kier alpha value is -5.30. The summed E-state index contributed by atoms with van der Waals surface area (Å²) in [4.78, 5) is 0. The van der Waals surface area contributed by atoms with Crippen LogP contribution in [0.3, 0.4) is 0 Å². The Labute approximate surface area is 425 Å². The van der Waals surface area contributed by atoms with Gasteiger partial charge in [0.1, 0.15) is 10.3 Å². The van der Waals surface area contributed by atoms with Gasteiger partial charge < -0.3 is 12.8 Å². The fraction of sp³-hybridized carbons (Fsp3) is 0.0968. The van der Waals surface area contributed by atoms with E-state index in [1.165, 1.54) is 53.5 Å². The first kappa shape index (κ1) is 50.1. The van der Waals surface area contributed by atoms with E-state index in [2.05, 4.69) is 234 Å². The second kappa shape index (κ2) is 22.9. The molecule has 0 aromatic heterocycles. The van der Waals surface area contributed by atoms with Gasteiger partial charge in [0.2, 0.25) is 0 Å². The third kappa shape index (κ3) is 10.9. The van der Waals surface area contributed by atoms with Gasteiger partial charge in [-0.05, 0) is 119 Å². The molecule has 0 saturated carbocycles. The summed E-state index contributed by atoms with van der Waals surface area (Å²) in [6.45, 7) is 10.1. The van der Waals surface area contributed by atoms with Crippen molar-refractivity contribution < 1.29 is 44.8 Å². The molecule has 66 heavy (non-hydrogen) atoms. The molecule has 0 atom stereocenters. The molecule has 0 bridgehead atoms. The standard InChI is InChI=1S/C30H32P2.2C16H9.2Au/c1-29(2,31(25-17-9-5-10-18-25)26-19-11-6-12-20-26)30(3,4)32(27-21-13-7-14-22-27)28-23-15-8-16-24-28;2*1-2-12-7-10-16-14(11-12)9-8-13-5-3-4-6-15(13)16;;/h5-24H,1-4H3;2*3-11H;;/q;2*-1;2*+1/p+2. The Bertz CT molecular complexity index is 2940. The molecule has 0 fully saturated rings. The molecule has 0 spiro atoms. The molecule has 0 radical (unpaired) electrons. The molecule has 330 valence electrons. The van der Waals surface area contributed by atoms with E-state index in [1.807, 2.05) is 36.4 Å². The summed E-state index contributed by atoms with van der Waals surface area (Å²) >= 11 is 0. The molecule has 0 aliphatic carbocycles. The van der Waals surface area contributed by atoms with Crippen molar-refractivity contribution in [1.82, 2.24) is 0 Å². The molecule has 10 aromatic rings. The van der Waals surface area contributed by atoms with Crippen molar-refractivity contribution in [2.45, 2.75) is 38.0 Å². The second-order valence-corrected chi connectivity index (χ2v) is 23.5. The zero-order chi connectivity index (χ0) is 44.5. The molecule has 0 heterocycles. The molecule has 0 N–H and O–H groups in total. The van der Waals surface area contributed by atoms with Crippen LogP contribution in [0.2, 0.25) is 0 Å². The zero-order valence-corrected chi connectivity index (χ0v) is 43.9. The van der Waals surface area contributed by atoms with Crippen LogP contribution in [0, 0.1) is 24.7 Å². The molecule has 0 nitrogen and oxygen atoms in total. The van der Waals surface area contributed by atoms with Crippen LogP contribution in [-0.2, 0) is 44.8 Å². The Morgan fingerprint density at radius 3 is 0.864 bits per heavy atom. The predicted octanol–water partition coefficient (Wildman–Crippen LogP) is 14.1. The summed E-state index contributed by atoms with van der Waals surface area (Å²) in [5.41, 5.74) is 1.64. The summed E-state index contributed by atoms with van der Waals surface area (Å²) in [5, 5.41) is 16.0. The minimum absolute atomic E-state index is 0. The van der Waals surface area contributed by atoms with Gasteiger partial charge in [0.15, 0.2) is 0 Å². The Balaban J connectivity index is 0.000000177. The largest absolute Gasteiger partial charge is 1.00 e. The summed E-state index contributed by atoms with van der Waals surface area (Å²) in [7, 11) is -2.13. The van der Waals surface area contributed by atoms with E-state index in [0.29, 0.717) is 0 Å². The van der Waals surface area contributed by atoms with E-state index in [9.17, 15) is 0 Å². The van der Waals surface area contributed by atoms with Crippen molar-refractivity contribution in [3.8, 4) is 11.8 Å². The number of benzene rings is 10. The number of hydrogen-bond acceptors (Lipinski definition) is 0. The fourth-order valence-corrected chi connectivity index (χ4v) is 16.7. The van der Waals surface area contributed by atoms with Crippen LogP contribution in [0.25, 0.3) is 43.1 Å². The fourth-order valence-electron chi connectivity index (χ4n) is 9.00. The SMILES string of the molecule is CC(C)([PH+](c1ccccc1)c1ccccc1)C(C)(C)[PH+](c1ccccc1)c1ccccc1.[Au+].[Au+].[C-]#Cc1ccc2c(ccc3ccccc32)c1.[C-]#Cc1ccc2c(ccc3ccccc32)c1. The minimum Gasteiger partial charge on any atom is -0.366 e. The molecular formula is C62H52Au2P2+2. The van der Waals surface area contributed by atoms with Crippen LogP contribution in [0.15, 0.2) is 231 Å². The van der Waals surface area contributed by atoms with Gasteiger partial charge in [-0.15, -0.1) is 35.4 Å². The van der Waals surface area contributed by atoms with Crippen molar-refractivity contribution in [3.63, 3.8) is 0 Å². The third-order valence-corrected chi connectivity index (χ3v) is 20.5. The van der Waals surface area contributed by atoms with Crippen molar-refractivity contribution in [2.75, 3.05) is 0 Å². The predicted molar refractivity (Wildman–Crippen MR) is 284 cm³/mol. The molecule has 0 amide bonds. The molecule has 0 saturated heterocycles. The molecule has 0 aliphatic heterocycles. The molecular weight excluding hydrogens is 1200 g/mol. The first-order chi connectivity index (χ1) is 31.2. The Kier molecular flexibility index (Phi) is 17.4. The van der Waals surface area contributed by atoms with Crippen molar-refractivity contribution in [1.29, 1.82) is 0 Å². The van der Waals surface area contributed by atoms with Crippen LogP contribution in [0.1, 0.15) is 38.8 Å². The first-order valence-corrected chi connectivity index (χ1v) is 24.8. The average molecular weight is 1250 g/mol. The number of rotatable bonds is 7. The van der Waals surface area contributed by atoms with Crippen molar-refractivity contribution in [3.05, 3.63) is 254 Å². The topological polar surface area (TPSA) is 0 Å². The van der Waals surface area contributed by atoms with E-state index in [1.54, 1.807) is 0 Å². The number of fused-ring (bicyclic) bond motifs is 6. The maximum Gasteiger partial charge on any atom is 1.00 e. The minimum atomic E-state index is -1.07. The molecule has 10 rings (SSSR count). The molecule has 0 unspecified atom stereocenters. The smallest absolute Gasteiger partial charge is 0.366 e. The Morgan fingerprint density at radius 2 is 0.561 bits per heavy atom. The van der Waals surface area contributed by atoms with E-state index < -0.39 is 15.8 Å². The monoisotopic (exact) mass is 1250 g/mol. The van der Waals surface area contributed by atoms with Gasteiger partial charge >= 0.3 is 44.8 Å². The van der Waals surface area contributed by atoms with Gasteiger partial charge in [-0.3, -0.25) is 11.8 Å². The van der Waals surface area contributed by atoms with Crippen LogP contribution >= 0.6 is 15.8 Å². The Morgan fingerprint density at radius 1 is 0.303 bits per heavy atom. The molecule has 10 aromatic carbocycles. The molecule has 4 heteroatoms. The number of hydrogen-bond donors (Lipinski definition) is 0. The van der Waals surface area contributed by atoms with Crippen molar-refractivity contribution >= 4 is 80.2 Å². The van der Waals surface area contributed by atoms with Crippen LogP contribution in [0.5, 0.6) is 0 Å². The van der Waals surface area contributed by atoms with Gasteiger partial charge in [0.05, 0.1) is 37.1 Å². The van der Waals surface area contributed by atoms with Gasteiger partial charge in [-0.1, -0.05) is 158 Å². The van der Waals surface area contributed by atoms with Gasteiger partial charge in [-0.2, -0.15) is 0 Å². The second-order valence-electron chi connectivity index (χ2n) is 17.2. The first-order valence-electron chi connectivity index (χ1n) is 21.8. The van der Waals surface area contributed by atoms with Gasteiger partial charge in [0.25, 0.3) is 0 Å². The van der Waals surface area contributed by atoms with Crippen LogP contribution < -0.4 is 21.2 Å². The van der Waals surface area contributed by atoms with Crippen LogP contribution in [0.4, 0.5) is 0 Å². The van der Waals surface area contributed by atoms with Gasteiger partial charge in [0, 0.05) is 0 Å². The van der Waals surface area contributed by atoms with E-state index >= 15 is 0 Å². The van der Waals surface area contributed by atoms with E-state index in [-0.39, 0.29) is 55.1 Å². The normalized spacial score (nSPS) is 11.0. The summed E-state index contributed by atoms with van der Waals surface area (Å²) in [6.07, 6.45) is 14.3. The maximum atomic E-state index is 7.13.